The van der Waals surface area contributed by atoms with E-state index in [-0.39, 0.29) is 18.4 Å². The van der Waals surface area contributed by atoms with Gasteiger partial charge in [0.15, 0.2) is 0 Å². The summed E-state index contributed by atoms with van der Waals surface area (Å²) >= 11 is 0. The van der Waals surface area contributed by atoms with Crippen LogP contribution in [-0.4, -0.2) is 22.5 Å². The van der Waals surface area contributed by atoms with Crippen molar-refractivity contribution < 1.29 is 9.94 Å². The first-order chi connectivity index (χ1) is 6.62. The van der Waals surface area contributed by atoms with Crippen molar-refractivity contribution >= 4 is 0 Å². The van der Waals surface area contributed by atoms with Gasteiger partial charge < -0.3 is 9.94 Å². The molecule has 1 unspecified atom stereocenters. The Morgan fingerprint density at radius 2 is 2.00 bits per heavy atom. The molecule has 1 saturated heterocycles. The average Bonchev–Trinajstić information content (AvgIpc) is 2.44. The van der Waals surface area contributed by atoms with Crippen molar-refractivity contribution in [1.29, 1.82) is 0 Å². The van der Waals surface area contributed by atoms with Crippen LogP contribution >= 0.6 is 0 Å². The van der Waals surface area contributed by atoms with Gasteiger partial charge in [-0.2, -0.15) is 5.06 Å². The van der Waals surface area contributed by atoms with Crippen LogP contribution in [0.3, 0.4) is 0 Å². The lowest BCUT2D eigenvalue weighted by molar-refractivity contribution is -0.147. The zero-order valence-electron chi connectivity index (χ0n) is 8.47. The number of hydrogen-bond donors (Lipinski definition) is 1. The smallest absolute Gasteiger partial charge is 0.123 e. The molecule has 0 radical (unpaired) electrons. The van der Waals surface area contributed by atoms with E-state index in [1.54, 1.807) is 0 Å². The summed E-state index contributed by atoms with van der Waals surface area (Å²) in [6, 6.07) is 9.98. The van der Waals surface area contributed by atoms with Crippen LogP contribution in [0.25, 0.3) is 0 Å². The van der Waals surface area contributed by atoms with Gasteiger partial charge >= 0.3 is 0 Å². The van der Waals surface area contributed by atoms with E-state index in [2.05, 4.69) is 0 Å². The molecule has 0 amide bonds. The van der Waals surface area contributed by atoms with E-state index in [1.165, 1.54) is 5.06 Å². The topological polar surface area (TPSA) is 32.7 Å². The van der Waals surface area contributed by atoms with Crippen molar-refractivity contribution in [2.24, 2.45) is 0 Å². The normalized spacial score (nSPS) is 26.6. The first-order valence-corrected chi connectivity index (χ1v) is 4.75. The van der Waals surface area contributed by atoms with Gasteiger partial charge in [0, 0.05) is 0 Å². The van der Waals surface area contributed by atoms with Crippen LogP contribution in [-0.2, 0) is 4.74 Å². The van der Waals surface area contributed by atoms with Gasteiger partial charge in [-0.05, 0) is 19.4 Å². The molecule has 1 aliphatic rings. The van der Waals surface area contributed by atoms with Crippen LogP contribution in [0.5, 0.6) is 0 Å². The van der Waals surface area contributed by atoms with E-state index in [4.69, 9.17) is 4.74 Å². The molecule has 0 aliphatic carbocycles. The maximum Gasteiger partial charge on any atom is 0.123 e. The lowest BCUT2D eigenvalue weighted by atomic mass is 9.92. The third-order valence-corrected chi connectivity index (χ3v) is 2.77. The summed E-state index contributed by atoms with van der Waals surface area (Å²) in [4.78, 5) is 0. The Balaban J connectivity index is 2.29. The zero-order valence-corrected chi connectivity index (χ0v) is 8.47. The van der Waals surface area contributed by atoms with Gasteiger partial charge in [-0.3, -0.25) is 0 Å². The minimum atomic E-state index is -0.360. The quantitative estimate of drug-likeness (QED) is 0.742. The molecule has 3 nitrogen and oxygen atoms in total. The minimum absolute atomic E-state index is 0.0614. The molecule has 1 aromatic carbocycles. The van der Waals surface area contributed by atoms with Crippen LogP contribution in [0.4, 0.5) is 0 Å². The monoisotopic (exact) mass is 193 g/mol. The first-order valence-electron chi connectivity index (χ1n) is 4.75. The molecule has 1 N–H and O–H groups in total. The molecule has 3 heteroatoms. The van der Waals surface area contributed by atoms with E-state index in [0.29, 0.717) is 0 Å². The largest absolute Gasteiger partial charge is 0.354 e. The molecule has 14 heavy (non-hydrogen) atoms. The fourth-order valence-corrected chi connectivity index (χ4v) is 1.78. The van der Waals surface area contributed by atoms with E-state index < -0.39 is 0 Å². The Bertz CT molecular complexity index is 310. The molecule has 1 aromatic rings. The summed E-state index contributed by atoms with van der Waals surface area (Å²) in [6.45, 7) is 4.21. The molecule has 0 bridgehead atoms. The number of benzene rings is 1. The summed E-state index contributed by atoms with van der Waals surface area (Å²) in [5, 5.41) is 10.8. The van der Waals surface area contributed by atoms with Crippen molar-refractivity contribution in [3.05, 3.63) is 35.9 Å². The SMILES string of the molecule is CC1(C)C(c2ccccc2)OCN1O. The molecule has 0 saturated carbocycles. The lowest BCUT2D eigenvalue weighted by Crippen LogP contribution is -2.39. The molecule has 1 fully saturated rings. The fourth-order valence-electron chi connectivity index (χ4n) is 1.78. The van der Waals surface area contributed by atoms with Crippen LogP contribution in [0.2, 0.25) is 0 Å². The van der Waals surface area contributed by atoms with Crippen molar-refractivity contribution in [3.8, 4) is 0 Å². The van der Waals surface area contributed by atoms with Gasteiger partial charge in [0.05, 0.1) is 5.54 Å². The molecule has 76 valence electrons. The minimum Gasteiger partial charge on any atom is -0.354 e. The summed E-state index contributed by atoms with van der Waals surface area (Å²) in [7, 11) is 0. The molecule has 1 heterocycles. The number of ether oxygens (including phenoxy) is 1. The fraction of sp³-hybridized carbons (Fsp3) is 0.455. The van der Waals surface area contributed by atoms with Gasteiger partial charge in [-0.15, -0.1) is 0 Å². The van der Waals surface area contributed by atoms with Crippen LogP contribution < -0.4 is 0 Å². The van der Waals surface area contributed by atoms with E-state index >= 15 is 0 Å². The number of nitrogens with zero attached hydrogens (tertiary/aromatic N) is 1. The third kappa shape index (κ3) is 1.43. The average molecular weight is 193 g/mol. The van der Waals surface area contributed by atoms with E-state index in [9.17, 15) is 5.21 Å². The Morgan fingerprint density at radius 1 is 1.36 bits per heavy atom. The predicted molar refractivity (Wildman–Crippen MR) is 52.8 cm³/mol. The highest BCUT2D eigenvalue weighted by Gasteiger charge is 2.42. The van der Waals surface area contributed by atoms with Gasteiger partial charge in [0.25, 0.3) is 0 Å². The van der Waals surface area contributed by atoms with Gasteiger partial charge in [0.2, 0.25) is 0 Å². The highest BCUT2D eigenvalue weighted by Crippen LogP contribution is 2.38. The van der Waals surface area contributed by atoms with Gasteiger partial charge in [-0.25, -0.2) is 0 Å². The number of hydrogen-bond acceptors (Lipinski definition) is 3. The maximum absolute atomic E-state index is 9.60. The maximum atomic E-state index is 9.60. The third-order valence-electron chi connectivity index (χ3n) is 2.77. The molecular weight excluding hydrogens is 178 g/mol. The zero-order chi connectivity index (χ0) is 10.2. The molecule has 0 spiro atoms. The first kappa shape index (κ1) is 9.65. The second-order valence-corrected chi connectivity index (χ2v) is 4.14. The highest BCUT2D eigenvalue weighted by molar-refractivity contribution is 5.21. The van der Waals surface area contributed by atoms with Crippen LogP contribution in [0.1, 0.15) is 25.5 Å². The van der Waals surface area contributed by atoms with Gasteiger partial charge in [0.1, 0.15) is 12.8 Å². The van der Waals surface area contributed by atoms with Crippen molar-refractivity contribution in [3.63, 3.8) is 0 Å². The van der Waals surface area contributed by atoms with Crippen molar-refractivity contribution in [2.75, 3.05) is 6.73 Å². The molecule has 0 aromatic heterocycles. The van der Waals surface area contributed by atoms with Crippen molar-refractivity contribution in [1.82, 2.24) is 5.06 Å². The number of rotatable bonds is 1. The molecule has 1 atom stereocenters. The lowest BCUT2D eigenvalue weighted by Gasteiger charge is -2.29. The second-order valence-electron chi connectivity index (χ2n) is 4.14. The van der Waals surface area contributed by atoms with Crippen LogP contribution in [0.15, 0.2) is 30.3 Å². The van der Waals surface area contributed by atoms with E-state index in [1.807, 2.05) is 44.2 Å². The summed E-state index contributed by atoms with van der Waals surface area (Å²) in [5.41, 5.74) is 0.746. The second kappa shape index (κ2) is 3.35. The Kier molecular flexibility index (Phi) is 2.31. The van der Waals surface area contributed by atoms with Gasteiger partial charge in [-0.1, -0.05) is 30.3 Å². The molecule has 2 rings (SSSR count). The molecular formula is C11H15NO2. The Labute approximate surface area is 83.9 Å². The Hall–Kier alpha value is -0.900. The predicted octanol–water partition coefficient (Wildman–Crippen LogP) is 2.19. The number of hydroxylamine groups is 2. The van der Waals surface area contributed by atoms with E-state index in [0.717, 1.165) is 5.56 Å². The van der Waals surface area contributed by atoms with Crippen LogP contribution in [0, 0.1) is 0 Å². The highest BCUT2D eigenvalue weighted by atomic mass is 16.6. The Morgan fingerprint density at radius 3 is 2.50 bits per heavy atom. The standard InChI is InChI=1S/C11H15NO2/c1-11(2)10(14-8-12(11)13)9-6-4-3-5-7-9/h3-7,10,13H,8H2,1-2H3. The van der Waals surface area contributed by atoms with Crippen molar-refractivity contribution in [2.45, 2.75) is 25.5 Å². The summed E-state index contributed by atoms with van der Waals surface area (Å²) < 4.78 is 5.54. The summed E-state index contributed by atoms with van der Waals surface area (Å²) in [5.74, 6) is 0. The summed E-state index contributed by atoms with van der Waals surface area (Å²) in [6.07, 6.45) is -0.0614. The molecule has 1 aliphatic heterocycles.